The third kappa shape index (κ3) is 3.43. The van der Waals surface area contributed by atoms with Crippen molar-refractivity contribution in [3.8, 4) is 10.4 Å². The number of carbonyl (C=O) groups is 1. The van der Waals surface area contributed by atoms with Crippen LogP contribution in [0.3, 0.4) is 0 Å². The number of para-hydroxylation sites is 1. The SMILES string of the molecule is Cc1noc(C)c1-c1ccc(C(=O)Nc2ccccc2C(F)(F)F)s1. The van der Waals surface area contributed by atoms with E-state index < -0.39 is 17.6 Å². The van der Waals surface area contributed by atoms with E-state index >= 15 is 0 Å². The molecule has 3 rings (SSSR count). The van der Waals surface area contributed by atoms with Gasteiger partial charge in [0, 0.05) is 4.88 Å². The first kappa shape index (κ1) is 17.2. The van der Waals surface area contributed by atoms with E-state index in [0.29, 0.717) is 16.3 Å². The molecule has 0 saturated heterocycles. The van der Waals surface area contributed by atoms with Gasteiger partial charge >= 0.3 is 6.18 Å². The molecule has 0 atom stereocenters. The standard InChI is InChI=1S/C17H13F3N2O2S/c1-9-15(10(2)24-22-9)13-7-8-14(25-13)16(23)21-12-6-4-3-5-11(12)17(18,19)20/h3-8H,1-2H3,(H,21,23). The number of benzene rings is 1. The molecule has 2 aromatic heterocycles. The van der Waals surface area contributed by atoms with Gasteiger partial charge in [0.1, 0.15) is 5.76 Å². The minimum Gasteiger partial charge on any atom is -0.361 e. The normalized spacial score (nSPS) is 11.6. The molecule has 0 bridgehead atoms. The van der Waals surface area contributed by atoms with Crippen LogP contribution >= 0.6 is 11.3 Å². The van der Waals surface area contributed by atoms with Gasteiger partial charge in [-0.15, -0.1) is 11.3 Å². The molecule has 2 heterocycles. The van der Waals surface area contributed by atoms with Gasteiger partial charge in [0.25, 0.3) is 5.91 Å². The zero-order valence-electron chi connectivity index (χ0n) is 13.3. The predicted molar refractivity (Wildman–Crippen MR) is 88.7 cm³/mol. The first-order valence-electron chi connectivity index (χ1n) is 7.28. The third-order valence-corrected chi connectivity index (χ3v) is 4.69. The van der Waals surface area contributed by atoms with E-state index in [0.717, 1.165) is 16.5 Å². The maximum absolute atomic E-state index is 13.0. The number of aryl methyl sites for hydroxylation is 2. The quantitative estimate of drug-likeness (QED) is 0.685. The number of rotatable bonds is 3. The molecule has 0 aliphatic heterocycles. The summed E-state index contributed by atoms with van der Waals surface area (Å²) in [6, 6.07) is 8.16. The number of nitrogens with zero attached hydrogens (tertiary/aromatic N) is 1. The van der Waals surface area contributed by atoms with Gasteiger partial charge in [0.2, 0.25) is 0 Å². The summed E-state index contributed by atoms with van der Waals surface area (Å²) in [4.78, 5) is 13.4. The largest absolute Gasteiger partial charge is 0.418 e. The van der Waals surface area contributed by atoms with Crippen LogP contribution in [0.15, 0.2) is 40.9 Å². The molecule has 4 nitrogen and oxygen atoms in total. The molecule has 1 aromatic carbocycles. The highest BCUT2D eigenvalue weighted by atomic mass is 32.1. The van der Waals surface area contributed by atoms with Crippen LogP contribution in [0.2, 0.25) is 0 Å². The Morgan fingerprint density at radius 3 is 2.52 bits per heavy atom. The maximum atomic E-state index is 13.0. The molecule has 1 N–H and O–H groups in total. The highest BCUT2D eigenvalue weighted by Crippen LogP contribution is 2.36. The van der Waals surface area contributed by atoms with Crippen molar-refractivity contribution < 1.29 is 22.5 Å². The van der Waals surface area contributed by atoms with Crippen LogP contribution in [0.5, 0.6) is 0 Å². The Kier molecular flexibility index (Phi) is 4.38. The van der Waals surface area contributed by atoms with E-state index in [1.807, 2.05) is 0 Å². The number of amides is 1. The number of alkyl halides is 3. The van der Waals surface area contributed by atoms with Crippen molar-refractivity contribution in [2.75, 3.05) is 5.32 Å². The fraction of sp³-hybridized carbons (Fsp3) is 0.176. The monoisotopic (exact) mass is 366 g/mol. The number of aromatic nitrogens is 1. The van der Waals surface area contributed by atoms with Crippen molar-refractivity contribution in [3.63, 3.8) is 0 Å². The molecule has 25 heavy (non-hydrogen) atoms. The van der Waals surface area contributed by atoms with Crippen molar-refractivity contribution in [2.24, 2.45) is 0 Å². The lowest BCUT2D eigenvalue weighted by Gasteiger charge is -2.12. The summed E-state index contributed by atoms with van der Waals surface area (Å²) in [5.41, 5.74) is 0.326. The van der Waals surface area contributed by atoms with E-state index in [-0.39, 0.29) is 5.69 Å². The fourth-order valence-corrected chi connectivity index (χ4v) is 3.50. The molecular weight excluding hydrogens is 353 g/mol. The summed E-state index contributed by atoms with van der Waals surface area (Å²) in [7, 11) is 0. The topological polar surface area (TPSA) is 55.1 Å². The number of thiophene rings is 1. The summed E-state index contributed by atoms with van der Waals surface area (Å²) in [6.45, 7) is 3.54. The van der Waals surface area contributed by atoms with Crippen molar-refractivity contribution in [2.45, 2.75) is 20.0 Å². The molecule has 0 aliphatic carbocycles. The van der Waals surface area contributed by atoms with Crippen LogP contribution in [0.25, 0.3) is 10.4 Å². The van der Waals surface area contributed by atoms with Gasteiger partial charge in [-0.2, -0.15) is 13.2 Å². The van der Waals surface area contributed by atoms with Gasteiger partial charge in [-0.05, 0) is 38.1 Å². The van der Waals surface area contributed by atoms with Crippen LogP contribution in [0.1, 0.15) is 26.7 Å². The summed E-state index contributed by atoms with van der Waals surface area (Å²) < 4.78 is 44.1. The summed E-state index contributed by atoms with van der Waals surface area (Å²) >= 11 is 1.17. The van der Waals surface area contributed by atoms with Gasteiger partial charge in [0.05, 0.1) is 27.4 Å². The highest BCUT2D eigenvalue weighted by molar-refractivity contribution is 7.17. The van der Waals surface area contributed by atoms with Crippen molar-refractivity contribution in [3.05, 3.63) is 58.3 Å². The van der Waals surface area contributed by atoms with Crippen LogP contribution in [0, 0.1) is 13.8 Å². The molecule has 1 amide bonds. The number of hydrogen-bond acceptors (Lipinski definition) is 4. The smallest absolute Gasteiger partial charge is 0.361 e. The van der Waals surface area contributed by atoms with Crippen molar-refractivity contribution in [1.82, 2.24) is 5.16 Å². The summed E-state index contributed by atoms with van der Waals surface area (Å²) in [5, 5.41) is 6.19. The second-order valence-electron chi connectivity index (χ2n) is 5.36. The zero-order chi connectivity index (χ0) is 18.2. The van der Waals surface area contributed by atoms with E-state index in [2.05, 4.69) is 10.5 Å². The van der Waals surface area contributed by atoms with Gasteiger partial charge < -0.3 is 9.84 Å². The lowest BCUT2D eigenvalue weighted by Crippen LogP contribution is -2.15. The number of anilines is 1. The average molecular weight is 366 g/mol. The minimum absolute atomic E-state index is 0.271. The second-order valence-corrected chi connectivity index (χ2v) is 6.44. The Labute approximate surface area is 145 Å². The van der Waals surface area contributed by atoms with Gasteiger partial charge in [-0.3, -0.25) is 4.79 Å². The Morgan fingerprint density at radius 2 is 1.88 bits per heavy atom. The molecule has 0 radical (unpaired) electrons. The molecule has 0 fully saturated rings. The fourth-order valence-electron chi connectivity index (χ4n) is 2.45. The van der Waals surface area contributed by atoms with Crippen LogP contribution in [-0.2, 0) is 6.18 Å². The minimum atomic E-state index is -4.54. The van der Waals surface area contributed by atoms with E-state index in [9.17, 15) is 18.0 Å². The van der Waals surface area contributed by atoms with Crippen LogP contribution < -0.4 is 5.32 Å². The molecule has 0 spiro atoms. The Hall–Kier alpha value is -2.61. The molecule has 3 aromatic rings. The Morgan fingerprint density at radius 1 is 1.16 bits per heavy atom. The van der Waals surface area contributed by atoms with Crippen LogP contribution in [0.4, 0.5) is 18.9 Å². The van der Waals surface area contributed by atoms with Crippen LogP contribution in [-0.4, -0.2) is 11.1 Å². The van der Waals surface area contributed by atoms with Gasteiger partial charge in [-0.25, -0.2) is 0 Å². The lowest BCUT2D eigenvalue weighted by atomic mass is 10.1. The number of hydrogen-bond donors (Lipinski definition) is 1. The predicted octanol–water partition coefficient (Wildman–Crippen LogP) is 5.29. The van der Waals surface area contributed by atoms with Gasteiger partial charge in [-0.1, -0.05) is 17.3 Å². The Balaban J connectivity index is 1.87. The molecule has 0 saturated carbocycles. The molecule has 8 heteroatoms. The first-order valence-corrected chi connectivity index (χ1v) is 8.09. The molecule has 0 aliphatic rings. The molecule has 0 unspecified atom stereocenters. The first-order chi connectivity index (χ1) is 11.8. The van der Waals surface area contributed by atoms with E-state index in [1.54, 1.807) is 26.0 Å². The Bertz CT molecular complexity index is 909. The number of halogens is 3. The third-order valence-electron chi connectivity index (χ3n) is 3.59. The maximum Gasteiger partial charge on any atom is 0.418 e. The summed E-state index contributed by atoms with van der Waals surface area (Å²) in [5.74, 6) is 0.0217. The summed E-state index contributed by atoms with van der Waals surface area (Å²) in [6.07, 6.45) is -4.54. The number of nitrogens with one attached hydrogen (secondary N) is 1. The highest BCUT2D eigenvalue weighted by Gasteiger charge is 2.33. The molecular formula is C17H13F3N2O2S. The van der Waals surface area contributed by atoms with Crippen molar-refractivity contribution in [1.29, 1.82) is 0 Å². The molecule has 130 valence electrons. The van der Waals surface area contributed by atoms with E-state index in [4.69, 9.17) is 4.52 Å². The van der Waals surface area contributed by atoms with Gasteiger partial charge in [0.15, 0.2) is 0 Å². The van der Waals surface area contributed by atoms with E-state index in [1.165, 1.54) is 29.5 Å². The number of carbonyl (C=O) groups excluding carboxylic acids is 1. The lowest BCUT2D eigenvalue weighted by molar-refractivity contribution is -0.136. The van der Waals surface area contributed by atoms with Crippen molar-refractivity contribution >= 4 is 22.9 Å². The second kappa shape index (κ2) is 6.36. The average Bonchev–Trinajstić information content (AvgIpc) is 3.13. The zero-order valence-corrected chi connectivity index (χ0v) is 14.1.